The number of anilines is 2. The van der Waals surface area contributed by atoms with Gasteiger partial charge in [-0.3, -0.25) is 10.1 Å². The Morgan fingerprint density at radius 3 is 2.67 bits per heavy atom. The van der Waals surface area contributed by atoms with Crippen LogP contribution < -0.4 is 20.7 Å². The normalized spacial score (nSPS) is 10.3. The number of nitrogens with zero attached hydrogens (tertiary/aromatic N) is 1. The number of ether oxygens (including phenoxy) is 1. The Hall–Kier alpha value is -3.39. The zero-order valence-corrected chi connectivity index (χ0v) is 17.7. The van der Waals surface area contributed by atoms with Gasteiger partial charge in [0, 0.05) is 17.6 Å². The number of methoxy groups -OCH3 is 1. The highest BCUT2D eigenvalue weighted by atomic mass is 32.1. The number of amides is 3. The minimum atomic E-state index is -0.373. The van der Waals surface area contributed by atoms with Crippen LogP contribution in [0.2, 0.25) is 0 Å². The predicted molar refractivity (Wildman–Crippen MR) is 119 cm³/mol. The Kier molecular flexibility index (Phi) is 7.40. The first-order valence-electron chi connectivity index (χ1n) is 9.50. The van der Waals surface area contributed by atoms with Crippen molar-refractivity contribution >= 4 is 34.1 Å². The largest absolute Gasteiger partial charge is 0.497 e. The smallest absolute Gasteiger partial charge is 0.325 e. The Bertz CT molecular complexity index is 1000. The van der Waals surface area contributed by atoms with Crippen molar-refractivity contribution in [1.82, 2.24) is 10.3 Å². The fourth-order valence-electron chi connectivity index (χ4n) is 2.74. The monoisotopic (exact) mass is 424 g/mol. The average Bonchev–Trinajstić information content (AvgIpc) is 3.16. The van der Waals surface area contributed by atoms with E-state index in [0.717, 1.165) is 16.9 Å². The molecule has 0 aliphatic carbocycles. The molecule has 0 atom stereocenters. The summed E-state index contributed by atoms with van der Waals surface area (Å²) in [6.45, 7) is 2.51. The zero-order valence-electron chi connectivity index (χ0n) is 16.9. The van der Waals surface area contributed by atoms with Gasteiger partial charge in [0.05, 0.1) is 19.2 Å². The molecular weight excluding hydrogens is 400 g/mol. The Labute approximate surface area is 179 Å². The number of nitrogens with one attached hydrogen (secondary N) is 3. The third kappa shape index (κ3) is 6.59. The number of aryl methyl sites for hydroxylation is 1. The maximum atomic E-state index is 12.2. The first-order valence-corrected chi connectivity index (χ1v) is 10.4. The van der Waals surface area contributed by atoms with Crippen LogP contribution in [0.25, 0.3) is 0 Å². The molecule has 0 saturated heterocycles. The first-order chi connectivity index (χ1) is 14.5. The molecule has 0 aliphatic rings. The molecule has 30 heavy (non-hydrogen) atoms. The van der Waals surface area contributed by atoms with Crippen molar-refractivity contribution in [3.05, 3.63) is 70.7 Å². The fraction of sp³-hybridized carbons (Fsp3) is 0.227. The van der Waals surface area contributed by atoms with Gasteiger partial charge in [0.25, 0.3) is 0 Å². The van der Waals surface area contributed by atoms with Crippen molar-refractivity contribution in [3.63, 3.8) is 0 Å². The number of rotatable bonds is 8. The van der Waals surface area contributed by atoms with Gasteiger partial charge in [0.1, 0.15) is 5.75 Å². The summed E-state index contributed by atoms with van der Waals surface area (Å²) in [4.78, 5) is 28.5. The third-order valence-corrected chi connectivity index (χ3v) is 5.10. The second kappa shape index (κ2) is 10.4. The molecule has 0 unspecified atom stereocenters. The molecule has 7 nitrogen and oxygen atoms in total. The zero-order chi connectivity index (χ0) is 21.3. The quantitative estimate of drug-likeness (QED) is 0.510. The van der Waals surface area contributed by atoms with Crippen molar-refractivity contribution in [2.24, 2.45) is 0 Å². The molecule has 0 fully saturated rings. The van der Waals surface area contributed by atoms with Gasteiger partial charge in [0.2, 0.25) is 5.91 Å². The van der Waals surface area contributed by atoms with E-state index in [0.29, 0.717) is 29.5 Å². The lowest BCUT2D eigenvalue weighted by molar-refractivity contribution is -0.120. The van der Waals surface area contributed by atoms with E-state index in [4.69, 9.17) is 4.74 Å². The molecule has 3 aromatic rings. The molecule has 1 aromatic heterocycles. The second-order valence-corrected chi connectivity index (χ2v) is 7.58. The van der Waals surface area contributed by atoms with E-state index < -0.39 is 0 Å². The predicted octanol–water partition coefficient (Wildman–Crippen LogP) is 4.01. The summed E-state index contributed by atoms with van der Waals surface area (Å²) in [6, 6.07) is 14.9. The standard InChI is InChI=1S/C22H24N4O3S/c1-15-6-8-17(9-7-15)24-21(28)26-22-25-18(14-30-22)13-20(27)23-11-10-16-4-3-5-19(12-16)29-2/h3-9,12,14H,10-11,13H2,1-2H3,(H,23,27)(H2,24,25,26,28). The molecule has 8 heteroatoms. The van der Waals surface area contributed by atoms with Crippen LogP contribution in [0.1, 0.15) is 16.8 Å². The first kappa shape index (κ1) is 21.3. The molecule has 3 rings (SSSR count). The van der Waals surface area contributed by atoms with Crippen molar-refractivity contribution in [2.75, 3.05) is 24.3 Å². The topological polar surface area (TPSA) is 92.4 Å². The van der Waals surface area contributed by atoms with E-state index >= 15 is 0 Å². The lowest BCUT2D eigenvalue weighted by Gasteiger charge is -2.06. The number of thiazole rings is 1. The Morgan fingerprint density at radius 1 is 1.10 bits per heavy atom. The van der Waals surface area contributed by atoms with Gasteiger partial charge < -0.3 is 15.4 Å². The highest BCUT2D eigenvalue weighted by Gasteiger charge is 2.10. The lowest BCUT2D eigenvalue weighted by Crippen LogP contribution is -2.27. The van der Waals surface area contributed by atoms with Gasteiger partial charge in [0.15, 0.2) is 5.13 Å². The SMILES string of the molecule is COc1cccc(CCNC(=O)Cc2csc(NC(=O)Nc3ccc(C)cc3)n2)c1. The molecule has 0 radical (unpaired) electrons. The molecular formula is C22H24N4O3S. The number of hydrogen-bond acceptors (Lipinski definition) is 5. The number of carbonyl (C=O) groups excluding carboxylic acids is 2. The van der Waals surface area contributed by atoms with Crippen LogP contribution in [0.5, 0.6) is 5.75 Å². The molecule has 1 heterocycles. The minimum Gasteiger partial charge on any atom is -0.497 e. The summed E-state index contributed by atoms with van der Waals surface area (Å²) in [5.74, 6) is 0.687. The summed E-state index contributed by atoms with van der Waals surface area (Å²) in [7, 11) is 1.63. The summed E-state index contributed by atoms with van der Waals surface area (Å²) in [5.41, 5.74) is 3.52. The van der Waals surface area contributed by atoms with E-state index in [1.54, 1.807) is 12.5 Å². The van der Waals surface area contributed by atoms with Crippen LogP contribution in [-0.4, -0.2) is 30.6 Å². The van der Waals surface area contributed by atoms with Crippen LogP contribution in [0, 0.1) is 6.92 Å². The number of aromatic nitrogens is 1. The number of urea groups is 1. The summed E-state index contributed by atoms with van der Waals surface area (Å²) in [6.07, 6.45) is 0.877. The van der Waals surface area contributed by atoms with Gasteiger partial charge in [-0.25, -0.2) is 9.78 Å². The van der Waals surface area contributed by atoms with Crippen molar-refractivity contribution in [2.45, 2.75) is 19.8 Å². The molecule has 2 aromatic carbocycles. The van der Waals surface area contributed by atoms with Gasteiger partial charge >= 0.3 is 6.03 Å². The van der Waals surface area contributed by atoms with Crippen LogP contribution in [0.3, 0.4) is 0 Å². The summed E-state index contributed by atoms with van der Waals surface area (Å²) in [5, 5.41) is 10.5. The van der Waals surface area contributed by atoms with Gasteiger partial charge in [-0.05, 0) is 43.2 Å². The second-order valence-electron chi connectivity index (χ2n) is 6.72. The molecule has 3 N–H and O–H groups in total. The highest BCUT2D eigenvalue weighted by Crippen LogP contribution is 2.17. The maximum absolute atomic E-state index is 12.2. The van der Waals surface area contributed by atoms with Crippen LogP contribution >= 0.6 is 11.3 Å². The van der Waals surface area contributed by atoms with Crippen molar-refractivity contribution < 1.29 is 14.3 Å². The molecule has 0 saturated carbocycles. The average molecular weight is 425 g/mol. The van der Waals surface area contributed by atoms with Gasteiger partial charge in [-0.2, -0.15) is 0 Å². The lowest BCUT2D eigenvalue weighted by atomic mass is 10.1. The third-order valence-electron chi connectivity index (χ3n) is 4.29. The van der Waals surface area contributed by atoms with E-state index in [1.807, 2.05) is 55.5 Å². The molecule has 0 spiro atoms. The van der Waals surface area contributed by atoms with Crippen molar-refractivity contribution in [3.8, 4) is 5.75 Å². The molecule has 0 aliphatic heterocycles. The number of hydrogen-bond donors (Lipinski definition) is 3. The van der Waals surface area contributed by atoms with Crippen LogP contribution in [-0.2, 0) is 17.6 Å². The van der Waals surface area contributed by atoms with Crippen LogP contribution in [0.15, 0.2) is 53.9 Å². The van der Waals surface area contributed by atoms with E-state index in [9.17, 15) is 9.59 Å². The van der Waals surface area contributed by atoms with Crippen LogP contribution in [0.4, 0.5) is 15.6 Å². The highest BCUT2D eigenvalue weighted by molar-refractivity contribution is 7.14. The van der Waals surface area contributed by atoms with Gasteiger partial charge in [-0.15, -0.1) is 11.3 Å². The molecule has 0 bridgehead atoms. The molecule has 156 valence electrons. The molecule has 3 amide bonds. The maximum Gasteiger partial charge on any atom is 0.325 e. The van der Waals surface area contributed by atoms with E-state index in [-0.39, 0.29) is 18.4 Å². The number of benzene rings is 2. The van der Waals surface area contributed by atoms with Gasteiger partial charge in [-0.1, -0.05) is 29.8 Å². The van der Waals surface area contributed by atoms with E-state index in [1.165, 1.54) is 11.3 Å². The number of carbonyl (C=O) groups is 2. The summed E-state index contributed by atoms with van der Waals surface area (Å²) < 4.78 is 5.20. The Morgan fingerprint density at radius 2 is 1.90 bits per heavy atom. The van der Waals surface area contributed by atoms with E-state index in [2.05, 4.69) is 20.9 Å². The fourth-order valence-corrected chi connectivity index (χ4v) is 3.45. The summed E-state index contributed by atoms with van der Waals surface area (Å²) >= 11 is 1.28. The van der Waals surface area contributed by atoms with Crippen molar-refractivity contribution in [1.29, 1.82) is 0 Å². The Balaban J connectivity index is 1.42. The minimum absolute atomic E-state index is 0.112.